The van der Waals surface area contributed by atoms with E-state index in [9.17, 15) is 30.4 Å². The van der Waals surface area contributed by atoms with Crippen molar-refractivity contribution in [2.75, 3.05) is 33.5 Å². The largest absolute Gasteiger partial charge is 0.324 e. The van der Waals surface area contributed by atoms with E-state index in [2.05, 4.69) is 5.32 Å². The SMILES string of the molecule is C[C@@H](C(=O)Nc1cccc(N(C)S(C)(=O)=O)c1)N(c1ccc(F)c(F)c1)S(C)(=O)=O. The normalized spacial score (nSPS) is 12.9. The zero-order chi connectivity index (χ0) is 22.9. The van der Waals surface area contributed by atoms with Crippen molar-refractivity contribution in [3.8, 4) is 0 Å². The van der Waals surface area contributed by atoms with E-state index in [0.29, 0.717) is 10.4 Å². The van der Waals surface area contributed by atoms with Crippen molar-refractivity contribution in [3.05, 3.63) is 54.1 Å². The van der Waals surface area contributed by atoms with E-state index in [4.69, 9.17) is 0 Å². The van der Waals surface area contributed by atoms with E-state index in [0.717, 1.165) is 28.9 Å². The topological polar surface area (TPSA) is 104 Å². The van der Waals surface area contributed by atoms with E-state index in [1.165, 1.54) is 38.2 Å². The summed E-state index contributed by atoms with van der Waals surface area (Å²) in [5, 5.41) is 2.50. The second kappa shape index (κ2) is 8.56. The minimum Gasteiger partial charge on any atom is -0.324 e. The molecule has 1 amide bonds. The lowest BCUT2D eigenvalue weighted by molar-refractivity contribution is -0.116. The number of hydrogen-bond acceptors (Lipinski definition) is 5. The Morgan fingerprint density at radius 1 is 0.933 bits per heavy atom. The molecule has 0 aliphatic rings. The van der Waals surface area contributed by atoms with Crippen molar-refractivity contribution in [3.63, 3.8) is 0 Å². The number of anilines is 3. The highest BCUT2D eigenvalue weighted by atomic mass is 32.2. The first-order valence-corrected chi connectivity index (χ1v) is 12.2. The monoisotopic (exact) mass is 461 g/mol. The lowest BCUT2D eigenvalue weighted by atomic mass is 10.2. The Morgan fingerprint density at radius 3 is 2.10 bits per heavy atom. The maximum atomic E-state index is 13.6. The Hall–Kier alpha value is -2.73. The fourth-order valence-electron chi connectivity index (χ4n) is 2.65. The van der Waals surface area contributed by atoms with Crippen LogP contribution in [0.25, 0.3) is 0 Å². The van der Waals surface area contributed by atoms with Crippen molar-refractivity contribution in [1.29, 1.82) is 0 Å². The zero-order valence-electron chi connectivity index (χ0n) is 16.6. The lowest BCUT2D eigenvalue weighted by Crippen LogP contribution is -2.45. The van der Waals surface area contributed by atoms with Gasteiger partial charge in [-0.2, -0.15) is 0 Å². The number of nitrogens with one attached hydrogen (secondary N) is 1. The van der Waals surface area contributed by atoms with Crippen molar-refractivity contribution >= 4 is 43.0 Å². The van der Waals surface area contributed by atoms with Crippen molar-refractivity contribution in [1.82, 2.24) is 0 Å². The Labute approximate surface area is 174 Å². The van der Waals surface area contributed by atoms with Gasteiger partial charge in [-0.05, 0) is 37.3 Å². The van der Waals surface area contributed by atoms with E-state index in [1.807, 2.05) is 0 Å². The van der Waals surface area contributed by atoms with Crippen molar-refractivity contribution in [2.24, 2.45) is 0 Å². The molecule has 0 saturated carbocycles. The molecule has 1 N–H and O–H groups in total. The number of rotatable bonds is 7. The summed E-state index contributed by atoms with van der Waals surface area (Å²) >= 11 is 0. The number of hydrogen-bond donors (Lipinski definition) is 1. The molecule has 2 aromatic carbocycles. The van der Waals surface area contributed by atoms with Gasteiger partial charge >= 0.3 is 0 Å². The van der Waals surface area contributed by atoms with E-state index < -0.39 is 43.6 Å². The second-order valence-electron chi connectivity index (χ2n) is 6.60. The van der Waals surface area contributed by atoms with Crippen LogP contribution in [0.2, 0.25) is 0 Å². The number of carbonyl (C=O) groups is 1. The van der Waals surface area contributed by atoms with Crippen LogP contribution in [0, 0.1) is 11.6 Å². The van der Waals surface area contributed by atoms with Gasteiger partial charge in [0.05, 0.1) is 23.9 Å². The average Bonchev–Trinajstić information content (AvgIpc) is 2.62. The quantitative estimate of drug-likeness (QED) is 0.681. The third-order valence-corrected chi connectivity index (χ3v) is 6.67. The van der Waals surface area contributed by atoms with Gasteiger partial charge in [0.15, 0.2) is 11.6 Å². The molecular weight excluding hydrogens is 440 g/mol. The molecule has 0 unspecified atom stereocenters. The van der Waals surface area contributed by atoms with Gasteiger partial charge in [-0.3, -0.25) is 13.4 Å². The minimum absolute atomic E-state index is 0.218. The average molecular weight is 462 g/mol. The first-order chi connectivity index (χ1) is 13.7. The summed E-state index contributed by atoms with van der Waals surface area (Å²) in [5.41, 5.74) is 0.284. The van der Waals surface area contributed by atoms with Crippen LogP contribution in [-0.4, -0.2) is 48.3 Å². The van der Waals surface area contributed by atoms with Crippen LogP contribution < -0.4 is 13.9 Å². The summed E-state index contributed by atoms with van der Waals surface area (Å²) < 4.78 is 76.4. The summed E-state index contributed by atoms with van der Waals surface area (Å²) in [7, 11) is -6.22. The smallest absolute Gasteiger partial charge is 0.247 e. The van der Waals surface area contributed by atoms with Crippen LogP contribution in [0.3, 0.4) is 0 Å². The van der Waals surface area contributed by atoms with Gasteiger partial charge < -0.3 is 5.32 Å². The molecule has 0 radical (unpaired) electrons. The molecule has 2 aromatic rings. The van der Waals surface area contributed by atoms with Crippen molar-refractivity contribution in [2.45, 2.75) is 13.0 Å². The molecule has 12 heteroatoms. The molecular formula is C18H21F2N3O5S2. The molecule has 30 heavy (non-hydrogen) atoms. The lowest BCUT2D eigenvalue weighted by Gasteiger charge is -2.28. The number of halogens is 2. The Bertz CT molecular complexity index is 1170. The van der Waals surface area contributed by atoms with Gasteiger partial charge in [0, 0.05) is 18.8 Å². The number of carbonyl (C=O) groups excluding carboxylic acids is 1. The predicted octanol–water partition coefficient (Wildman–Crippen LogP) is 2.15. The molecule has 0 aromatic heterocycles. The molecule has 0 spiro atoms. The van der Waals surface area contributed by atoms with Crippen LogP contribution in [0.1, 0.15) is 6.92 Å². The Balaban J connectivity index is 2.34. The summed E-state index contributed by atoms with van der Waals surface area (Å²) in [4.78, 5) is 12.7. The van der Waals surface area contributed by atoms with Crippen LogP contribution in [0.5, 0.6) is 0 Å². The first-order valence-electron chi connectivity index (χ1n) is 8.51. The molecule has 8 nitrogen and oxygen atoms in total. The van der Waals surface area contributed by atoms with Crippen LogP contribution in [-0.2, 0) is 24.8 Å². The number of benzene rings is 2. The number of amides is 1. The van der Waals surface area contributed by atoms with Gasteiger partial charge in [0.2, 0.25) is 26.0 Å². The molecule has 0 bridgehead atoms. The highest BCUT2D eigenvalue weighted by Gasteiger charge is 2.30. The Morgan fingerprint density at radius 2 is 1.57 bits per heavy atom. The van der Waals surface area contributed by atoms with E-state index in [-0.39, 0.29) is 17.1 Å². The summed E-state index contributed by atoms with van der Waals surface area (Å²) in [6, 6.07) is 7.09. The predicted molar refractivity (Wildman–Crippen MR) is 111 cm³/mol. The third-order valence-electron chi connectivity index (χ3n) is 4.22. The summed E-state index contributed by atoms with van der Waals surface area (Å²) in [5.74, 6) is -3.18. The number of sulfonamides is 2. The van der Waals surface area contributed by atoms with E-state index in [1.54, 1.807) is 0 Å². The van der Waals surface area contributed by atoms with Gasteiger partial charge in [-0.1, -0.05) is 6.07 Å². The molecule has 164 valence electrons. The van der Waals surface area contributed by atoms with Gasteiger partial charge in [0.1, 0.15) is 6.04 Å². The zero-order valence-corrected chi connectivity index (χ0v) is 18.3. The molecule has 2 rings (SSSR count). The molecule has 0 fully saturated rings. The second-order valence-corrected chi connectivity index (χ2v) is 10.5. The van der Waals surface area contributed by atoms with Crippen LogP contribution in [0.4, 0.5) is 25.8 Å². The minimum atomic E-state index is -4.03. The standard InChI is InChI=1S/C18H21F2N3O5S2/c1-12(23(30(4,27)28)15-8-9-16(19)17(20)11-15)18(24)21-13-6-5-7-14(10-13)22(2)29(3,25)26/h5-12H,1-4H3,(H,21,24)/t12-/m0/s1. The molecule has 1 atom stereocenters. The van der Waals surface area contributed by atoms with Crippen LogP contribution >= 0.6 is 0 Å². The Kier molecular flexibility index (Phi) is 6.72. The van der Waals surface area contributed by atoms with Crippen LogP contribution in [0.15, 0.2) is 42.5 Å². The molecule has 0 aliphatic heterocycles. The highest BCUT2D eigenvalue weighted by molar-refractivity contribution is 7.92. The summed E-state index contributed by atoms with van der Waals surface area (Å²) in [6.07, 6.45) is 1.85. The van der Waals surface area contributed by atoms with Crippen molar-refractivity contribution < 1.29 is 30.4 Å². The number of nitrogens with zero attached hydrogens (tertiary/aromatic N) is 2. The molecule has 0 saturated heterocycles. The maximum absolute atomic E-state index is 13.6. The van der Waals surface area contributed by atoms with Gasteiger partial charge in [-0.15, -0.1) is 0 Å². The summed E-state index contributed by atoms with van der Waals surface area (Å²) in [6.45, 7) is 1.28. The first kappa shape index (κ1) is 23.5. The van der Waals surface area contributed by atoms with Gasteiger partial charge in [-0.25, -0.2) is 25.6 Å². The van der Waals surface area contributed by atoms with Gasteiger partial charge in [0.25, 0.3) is 0 Å². The molecule has 0 heterocycles. The molecule has 0 aliphatic carbocycles. The fourth-order valence-corrected chi connectivity index (χ4v) is 4.31. The highest BCUT2D eigenvalue weighted by Crippen LogP contribution is 2.25. The van der Waals surface area contributed by atoms with E-state index >= 15 is 0 Å². The maximum Gasteiger partial charge on any atom is 0.247 e. The third kappa shape index (κ3) is 5.45. The fraction of sp³-hybridized carbons (Fsp3) is 0.278.